The molecule has 10 heteroatoms. The zero-order valence-corrected chi connectivity index (χ0v) is 13.1. The highest BCUT2D eigenvalue weighted by Gasteiger charge is 2.30. The van der Waals surface area contributed by atoms with E-state index in [4.69, 9.17) is 10.9 Å². The minimum absolute atomic E-state index is 0.108. The SMILES string of the molecule is N/C(=N\O)c1ccc(Nc2ccn(-c3ccc(C(F)(F)F)cc3)n2)cn1. The van der Waals surface area contributed by atoms with Gasteiger partial charge in [-0.25, -0.2) is 4.68 Å². The largest absolute Gasteiger partial charge is 0.416 e. The fraction of sp³-hybridized carbons (Fsp3) is 0.0625. The Morgan fingerprint density at radius 3 is 2.42 bits per heavy atom. The van der Waals surface area contributed by atoms with E-state index in [0.717, 1.165) is 12.1 Å². The van der Waals surface area contributed by atoms with Gasteiger partial charge in [-0.3, -0.25) is 4.98 Å². The molecule has 0 saturated carbocycles. The van der Waals surface area contributed by atoms with Crippen LogP contribution in [0.25, 0.3) is 5.69 Å². The predicted octanol–water partition coefficient (Wildman–Crippen LogP) is 3.12. The first-order chi connectivity index (χ1) is 12.4. The Balaban J connectivity index is 1.74. The molecule has 0 aliphatic rings. The molecule has 0 fully saturated rings. The minimum atomic E-state index is -4.38. The normalized spacial score (nSPS) is 12.2. The van der Waals surface area contributed by atoms with E-state index in [1.165, 1.54) is 23.0 Å². The lowest BCUT2D eigenvalue weighted by Gasteiger charge is -2.07. The van der Waals surface area contributed by atoms with Crippen LogP contribution in [0.5, 0.6) is 0 Å². The fourth-order valence-electron chi connectivity index (χ4n) is 2.16. The number of halogens is 3. The lowest BCUT2D eigenvalue weighted by Crippen LogP contribution is -2.14. The van der Waals surface area contributed by atoms with Gasteiger partial charge in [0.25, 0.3) is 0 Å². The summed E-state index contributed by atoms with van der Waals surface area (Å²) < 4.78 is 39.3. The second-order valence-electron chi connectivity index (χ2n) is 5.23. The number of hydrogen-bond donors (Lipinski definition) is 3. The first kappa shape index (κ1) is 17.3. The summed E-state index contributed by atoms with van der Waals surface area (Å²) in [4.78, 5) is 4.02. The average Bonchev–Trinajstić information content (AvgIpc) is 3.09. The molecular formula is C16H13F3N6O. The molecule has 26 heavy (non-hydrogen) atoms. The highest BCUT2D eigenvalue weighted by atomic mass is 19.4. The quantitative estimate of drug-likeness (QED) is 0.286. The minimum Gasteiger partial charge on any atom is -0.409 e. The van der Waals surface area contributed by atoms with Gasteiger partial charge >= 0.3 is 6.18 Å². The number of nitrogens with two attached hydrogens (primary N) is 1. The van der Waals surface area contributed by atoms with Gasteiger partial charge in [-0.15, -0.1) is 0 Å². The number of nitrogens with zero attached hydrogens (tertiary/aromatic N) is 4. The topological polar surface area (TPSA) is 101 Å². The molecule has 0 saturated heterocycles. The smallest absolute Gasteiger partial charge is 0.409 e. The van der Waals surface area contributed by atoms with Crippen molar-refractivity contribution in [1.29, 1.82) is 0 Å². The molecule has 134 valence electrons. The van der Waals surface area contributed by atoms with Gasteiger partial charge in [0, 0.05) is 12.3 Å². The summed E-state index contributed by atoms with van der Waals surface area (Å²) in [7, 11) is 0. The Bertz CT molecular complexity index is 916. The fourth-order valence-corrected chi connectivity index (χ4v) is 2.16. The number of amidine groups is 1. The van der Waals surface area contributed by atoms with Crippen molar-refractivity contribution in [3.63, 3.8) is 0 Å². The van der Waals surface area contributed by atoms with Crippen LogP contribution in [0.4, 0.5) is 24.7 Å². The molecule has 0 aliphatic heterocycles. The van der Waals surface area contributed by atoms with Crippen molar-refractivity contribution in [1.82, 2.24) is 14.8 Å². The van der Waals surface area contributed by atoms with E-state index in [-0.39, 0.29) is 5.84 Å². The molecule has 4 N–H and O–H groups in total. The number of alkyl halides is 3. The maximum Gasteiger partial charge on any atom is 0.416 e. The monoisotopic (exact) mass is 362 g/mol. The Morgan fingerprint density at radius 1 is 1.12 bits per heavy atom. The standard InChI is InChI=1S/C16H13F3N6O/c17-16(18,19)10-1-4-12(5-2-10)25-8-7-14(23-25)22-11-3-6-13(21-9-11)15(20)24-26/h1-9,26H,(H2,20,24)(H,22,23). The molecule has 2 aromatic heterocycles. The summed E-state index contributed by atoms with van der Waals surface area (Å²) in [6.45, 7) is 0. The first-order valence-electron chi connectivity index (χ1n) is 7.31. The van der Waals surface area contributed by atoms with Crippen molar-refractivity contribution in [2.75, 3.05) is 5.32 Å². The maximum absolute atomic E-state index is 12.6. The molecule has 3 aromatic rings. The average molecular weight is 362 g/mol. The lowest BCUT2D eigenvalue weighted by atomic mass is 10.2. The molecular weight excluding hydrogens is 349 g/mol. The molecule has 7 nitrogen and oxygen atoms in total. The van der Waals surface area contributed by atoms with Crippen molar-refractivity contribution in [2.45, 2.75) is 6.18 Å². The van der Waals surface area contributed by atoms with Gasteiger partial charge in [-0.05, 0) is 36.4 Å². The van der Waals surface area contributed by atoms with Gasteiger partial charge in [0.05, 0.1) is 23.1 Å². The number of pyridine rings is 1. The van der Waals surface area contributed by atoms with Crippen LogP contribution >= 0.6 is 0 Å². The second kappa shape index (κ2) is 6.75. The summed E-state index contributed by atoms with van der Waals surface area (Å²) in [6, 6.07) is 9.57. The Kier molecular flexibility index (Phi) is 4.48. The summed E-state index contributed by atoms with van der Waals surface area (Å²) in [5.74, 6) is 0.367. The molecule has 0 bridgehead atoms. The van der Waals surface area contributed by atoms with Crippen molar-refractivity contribution < 1.29 is 18.4 Å². The van der Waals surface area contributed by atoms with Crippen molar-refractivity contribution >= 4 is 17.3 Å². The molecule has 0 atom stereocenters. The van der Waals surface area contributed by atoms with Gasteiger partial charge < -0.3 is 16.3 Å². The summed E-state index contributed by atoms with van der Waals surface area (Å²) >= 11 is 0. The molecule has 0 amide bonds. The van der Waals surface area contributed by atoms with Crippen LogP contribution < -0.4 is 11.1 Å². The van der Waals surface area contributed by atoms with Crippen LogP contribution in [0.15, 0.2) is 60.0 Å². The molecule has 0 aliphatic carbocycles. The van der Waals surface area contributed by atoms with Crippen LogP contribution in [-0.4, -0.2) is 25.8 Å². The zero-order valence-electron chi connectivity index (χ0n) is 13.1. The zero-order chi connectivity index (χ0) is 18.7. The predicted molar refractivity (Wildman–Crippen MR) is 88.6 cm³/mol. The van der Waals surface area contributed by atoms with Crippen molar-refractivity contribution in [3.8, 4) is 5.69 Å². The van der Waals surface area contributed by atoms with Crippen molar-refractivity contribution in [2.24, 2.45) is 10.9 Å². The van der Waals surface area contributed by atoms with Gasteiger partial charge in [0.2, 0.25) is 0 Å². The number of nitrogens with one attached hydrogen (secondary N) is 1. The van der Waals surface area contributed by atoms with Gasteiger partial charge in [0.15, 0.2) is 11.7 Å². The van der Waals surface area contributed by atoms with Crippen LogP contribution in [0.3, 0.4) is 0 Å². The number of benzene rings is 1. The van der Waals surface area contributed by atoms with E-state index in [2.05, 4.69) is 20.6 Å². The Morgan fingerprint density at radius 2 is 1.85 bits per heavy atom. The first-order valence-corrected chi connectivity index (χ1v) is 7.31. The van der Waals surface area contributed by atoms with Gasteiger partial charge in [-0.1, -0.05) is 5.16 Å². The van der Waals surface area contributed by atoms with Gasteiger partial charge in [-0.2, -0.15) is 18.3 Å². The molecule has 0 spiro atoms. The van der Waals surface area contributed by atoms with E-state index in [1.807, 2.05) is 0 Å². The molecule has 2 heterocycles. The number of aromatic nitrogens is 3. The van der Waals surface area contributed by atoms with Crippen molar-refractivity contribution in [3.05, 3.63) is 66.1 Å². The third kappa shape index (κ3) is 3.74. The van der Waals surface area contributed by atoms with Crippen LogP contribution in [0.2, 0.25) is 0 Å². The van der Waals surface area contributed by atoms with Crippen LogP contribution in [0, 0.1) is 0 Å². The van der Waals surface area contributed by atoms with E-state index in [9.17, 15) is 13.2 Å². The van der Waals surface area contributed by atoms with E-state index in [0.29, 0.717) is 22.9 Å². The highest BCUT2D eigenvalue weighted by molar-refractivity contribution is 5.95. The maximum atomic E-state index is 12.6. The summed E-state index contributed by atoms with van der Waals surface area (Å²) in [5, 5.41) is 18.7. The second-order valence-corrected chi connectivity index (χ2v) is 5.23. The molecule has 1 aromatic carbocycles. The number of anilines is 2. The number of rotatable bonds is 4. The lowest BCUT2D eigenvalue weighted by molar-refractivity contribution is -0.137. The van der Waals surface area contributed by atoms with E-state index in [1.54, 1.807) is 24.4 Å². The highest BCUT2D eigenvalue weighted by Crippen LogP contribution is 2.29. The van der Waals surface area contributed by atoms with Crippen LogP contribution in [-0.2, 0) is 6.18 Å². The molecule has 0 unspecified atom stereocenters. The third-order valence-corrected chi connectivity index (χ3v) is 3.45. The third-order valence-electron chi connectivity index (χ3n) is 3.45. The number of oxime groups is 1. The summed E-state index contributed by atoms with van der Waals surface area (Å²) in [6.07, 6.45) is -1.29. The molecule has 0 radical (unpaired) electrons. The number of hydrogen-bond acceptors (Lipinski definition) is 5. The van der Waals surface area contributed by atoms with Gasteiger partial charge in [0.1, 0.15) is 5.69 Å². The molecule has 3 rings (SSSR count). The Labute approximate surface area is 145 Å². The van der Waals surface area contributed by atoms with Crippen LogP contribution in [0.1, 0.15) is 11.3 Å². The van der Waals surface area contributed by atoms with E-state index < -0.39 is 11.7 Å². The summed E-state index contributed by atoms with van der Waals surface area (Å²) in [5.41, 5.74) is 6.13. The van der Waals surface area contributed by atoms with E-state index >= 15 is 0 Å². The Hall–Kier alpha value is -3.56.